The van der Waals surface area contributed by atoms with Gasteiger partial charge < -0.3 is 10.1 Å². The third-order valence-corrected chi connectivity index (χ3v) is 2.76. The van der Waals surface area contributed by atoms with Crippen molar-refractivity contribution >= 4 is 0 Å². The van der Waals surface area contributed by atoms with Crippen LogP contribution in [0.1, 0.15) is 6.92 Å². The topological polar surface area (TPSA) is 48.1 Å². The highest BCUT2D eigenvalue weighted by atomic mass is 16.5. The van der Waals surface area contributed by atoms with Gasteiger partial charge in [0, 0.05) is 38.0 Å². The lowest BCUT2D eigenvalue weighted by Gasteiger charge is -2.32. The van der Waals surface area contributed by atoms with Gasteiger partial charge in [-0.05, 0) is 13.0 Å². The van der Waals surface area contributed by atoms with Crippen LogP contribution >= 0.6 is 0 Å². The van der Waals surface area contributed by atoms with Crippen LogP contribution in [0.4, 0.5) is 0 Å². The van der Waals surface area contributed by atoms with Gasteiger partial charge in [0.1, 0.15) is 6.07 Å². The minimum Gasteiger partial charge on any atom is -0.346 e. The van der Waals surface area contributed by atoms with Gasteiger partial charge in [-0.25, -0.2) is 0 Å². The monoisotopic (exact) mass is 205 g/mol. The smallest absolute Gasteiger partial charge is 0.252 e. The molecule has 0 aromatic rings. The van der Waals surface area contributed by atoms with Crippen molar-refractivity contribution in [1.82, 2.24) is 10.2 Å². The highest BCUT2D eigenvalue weighted by molar-refractivity contribution is 5.37. The fourth-order valence-corrected chi connectivity index (χ4v) is 1.70. The summed E-state index contributed by atoms with van der Waals surface area (Å²) in [4.78, 5) is 2.26. The molecule has 4 heteroatoms. The molecule has 0 radical (unpaired) electrons. The Hall–Kier alpha value is -1.31. The van der Waals surface area contributed by atoms with E-state index in [-0.39, 0.29) is 0 Å². The summed E-state index contributed by atoms with van der Waals surface area (Å²) < 4.78 is 5.33. The van der Waals surface area contributed by atoms with Crippen molar-refractivity contribution in [2.24, 2.45) is 0 Å². The van der Waals surface area contributed by atoms with Crippen LogP contribution in [-0.2, 0) is 4.74 Å². The standard InChI is InChI=1S/C11H15N3O/c1-9-3-4-10(7-14-5-6-14)11(8-12,13-9)15-2/h3-4,13H,5-7H2,1-2H3. The molecule has 1 fully saturated rings. The van der Waals surface area contributed by atoms with E-state index in [0.717, 1.165) is 30.9 Å². The number of allylic oxidation sites excluding steroid dienone is 3. The van der Waals surface area contributed by atoms with Crippen LogP contribution < -0.4 is 5.32 Å². The lowest BCUT2D eigenvalue weighted by atomic mass is 9.99. The van der Waals surface area contributed by atoms with Crippen molar-refractivity contribution < 1.29 is 4.74 Å². The van der Waals surface area contributed by atoms with E-state index in [9.17, 15) is 5.26 Å². The number of nitrogens with zero attached hydrogens (tertiary/aromatic N) is 2. The maximum atomic E-state index is 9.24. The lowest BCUT2D eigenvalue weighted by molar-refractivity contribution is 0.0447. The molecule has 15 heavy (non-hydrogen) atoms. The number of hydrogen-bond acceptors (Lipinski definition) is 4. The molecule has 0 aromatic carbocycles. The summed E-state index contributed by atoms with van der Waals surface area (Å²) in [5.41, 5.74) is 0.963. The van der Waals surface area contributed by atoms with E-state index in [4.69, 9.17) is 4.74 Å². The zero-order valence-corrected chi connectivity index (χ0v) is 9.08. The summed E-state index contributed by atoms with van der Waals surface area (Å²) >= 11 is 0. The number of dihydropyridines is 1. The third-order valence-electron chi connectivity index (χ3n) is 2.76. The first-order valence-electron chi connectivity index (χ1n) is 5.05. The molecule has 0 aromatic heterocycles. The number of nitrogens with one attached hydrogen (secondary N) is 1. The number of ether oxygens (including phenoxy) is 1. The molecule has 4 nitrogen and oxygen atoms in total. The highest BCUT2D eigenvalue weighted by Gasteiger charge is 2.38. The van der Waals surface area contributed by atoms with Crippen LogP contribution in [0, 0.1) is 11.3 Å². The van der Waals surface area contributed by atoms with Gasteiger partial charge in [0.05, 0.1) is 0 Å². The van der Waals surface area contributed by atoms with Crippen LogP contribution in [-0.4, -0.2) is 37.4 Å². The lowest BCUT2D eigenvalue weighted by Crippen LogP contribution is -2.49. The molecule has 1 saturated heterocycles. The molecular formula is C11H15N3O. The van der Waals surface area contributed by atoms with Crippen LogP contribution in [0.15, 0.2) is 23.4 Å². The summed E-state index contributed by atoms with van der Waals surface area (Å²) in [7, 11) is 1.56. The van der Waals surface area contributed by atoms with Crippen LogP contribution in [0.3, 0.4) is 0 Å². The Morgan fingerprint density at radius 2 is 2.33 bits per heavy atom. The first-order valence-corrected chi connectivity index (χ1v) is 5.05. The molecule has 2 aliphatic rings. The zero-order valence-electron chi connectivity index (χ0n) is 9.08. The Bertz CT molecular complexity index is 363. The van der Waals surface area contributed by atoms with Gasteiger partial charge in [0.25, 0.3) is 5.72 Å². The van der Waals surface area contributed by atoms with Gasteiger partial charge in [-0.1, -0.05) is 6.08 Å². The maximum absolute atomic E-state index is 9.24. The number of methoxy groups -OCH3 is 1. The summed E-state index contributed by atoms with van der Waals surface area (Å²) in [5.74, 6) is 0. The fraction of sp³-hybridized carbons (Fsp3) is 0.545. The Balaban J connectivity index is 2.24. The third kappa shape index (κ3) is 1.89. The molecule has 1 N–H and O–H groups in total. The number of hydrogen-bond donors (Lipinski definition) is 1. The van der Waals surface area contributed by atoms with E-state index >= 15 is 0 Å². The summed E-state index contributed by atoms with van der Waals surface area (Å²) in [6, 6.07) is 2.21. The summed E-state index contributed by atoms with van der Waals surface area (Å²) in [6.45, 7) is 4.96. The van der Waals surface area contributed by atoms with Crippen molar-refractivity contribution in [1.29, 1.82) is 5.26 Å². The molecule has 80 valence electrons. The zero-order chi connectivity index (χ0) is 10.9. The molecule has 0 saturated carbocycles. The van der Waals surface area contributed by atoms with Gasteiger partial charge in [-0.2, -0.15) is 5.26 Å². The number of nitriles is 1. The van der Waals surface area contributed by atoms with E-state index in [0.29, 0.717) is 0 Å². The first kappa shape index (κ1) is 10.2. The Labute approximate surface area is 89.8 Å². The average Bonchev–Trinajstić information content (AvgIpc) is 3.05. The molecule has 0 aliphatic carbocycles. The van der Waals surface area contributed by atoms with E-state index in [1.54, 1.807) is 7.11 Å². The first-order chi connectivity index (χ1) is 7.20. The number of rotatable bonds is 3. The van der Waals surface area contributed by atoms with Gasteiger partial charge in [-0.15, -0.1) is 0 Å². The van der Waals surface area contributed by atoms with E-state index in [1.807, 2.05) is 19.1 Å². The SMILES string of the molecule is COC1(C#N)NC(C)=CC=C1CN1CC1. The van der Waals surface area contributed by atoms with Crippen molar-refractivity contribution in [2.45, 2.75) is 12.6 Å². The largest absolute Gasteiger partial charge is 0.346 e. The average molecular weight is 205 g/mol. The minimum atomic E-state index is -0.971. The van der Waals surface area contributed by atoms with Gasteiger partial charge in [-0.3, -0.25) is 4.90 Å². The second-order valence-electron chi connectivity index (χ2n) is 3.94. The molecule has 0 spiro atoms. The van der Waals surface area contributed by atoms with Crippen molar-refractivity contribution in [3.8, 4) is 6.07 Å². The molecule has 2 heterocycles. The second-order valence-corrected chi connectivity index (χ2v) is 3.94. The summed E-state index contributed by atoms with van der Waals surface area (Å²) in [6.07, 6.45) is 3.96. The van der Waals surface area contributed by atoms with Crippen molar-refractivity contribution in [3.05, 3.63) is 23.4 Å². The van der Waals surface area contributed by atoms with Gasteiger partial charge in [0.2, 0.25) is 0 Å². The van der Waals surface area contributed by atoms with Crippen LogP contribution in [0.25, 0.3) is 0 Å². The molecule has 1 unspecified atom stereocenters. The molecule has 2 rings (SSSR count). The highest BCUT2D eigenvalue weighted by Crippen LogP contribution is 2.25. The predicted molar refractivity (Wildman–Crippen MR) is 56.8 cm³/mol. The molecule has 0 bridgehead atoms. The Morgan fingerprint density at radius 3 is 2.87 bits per heavy atom. The van der Waals surface area contributed by atoms with Crippen molar-refractivity contribution in [2.75, 3.05) is 26.7 Å². The molecule has 0 amide bonds. The summed E-state index contributed by atoms with van der Waals surface area (Å²) in [5, 5.41) is 12.3. The maximum Gasteiger partial charge on any atom is 0.252 e. The Morgan fingerprint density at radius 1 is 1.60 bits per heavy atom. The second kappa shape index (κ2) is 3.69. The van der Waals surface area contributed by atoms with E-state index in [2.05, 4.69) is 16.3 Å². The minimum absolute atomic E-state index is 0.804. The van der Waals surface area contributed by atoms with Crippen LogP contribution in [0.5, 0.6) is 0 Å². The molecule has 1 atom stereocenters. The normalized spacial score (nSPS) is 29.9. The van der Waals surface area contributed by atoms with Gasteiger partial charge >= 0.3 is 0 Å². The van der Waals surface area contributed by atoms with Gasteiger partial charge in [0.15, 0.2) is 0 Å². The Kier molecular flexibility index (Phi) is 2.51. The van der Waals surface area contributed by atoms with E-state index < -0.39 is 5.72 Å². The molecular weight excluding hydrogens is 190 g/mol. The predicted octanol–water partition coefficient (Wildman–Crippen LogP) is 0.602. The van der Waals surface area contributed by atoms with Crippen LogP contribution in [0.2, 0.25) is 0 Å². The van der Waals surface area contributed by atoms with E-state index in [1.165, 1.54) is 0 Å². The quantitative estimate of drug-likeness (QED) is 0.685. The molecule has 2 aliphatic heterocycles. The van der Waals surface area contributed by atoms with Crippen molar-refractivity contribution in [3.63, 3.8) is 0 Å². The fourth-order valence-electron chi connectivity index (χ4n) is 1.70.